The molecule has 2 rings (SSSR count). The second-order valence-corrected chi connectivity index (χ2v) is 5.36. The second kappa shape index (κ2) is 7.95. The molecular weight excluding hydrogens is 290 g/mol. The van der Waals surface area contributed by atoms with E-state index in [4.69, 9.17) is 10.00 Å². The van der Waals surface area contributed by atoms with Gasteiger partial charge in [-0.1, -0.05) is 12.1 Å². The van der Waals surface area contributed by atoms with Crippen LogP contribution in [0.25, 0.3) is 0 Å². The topological polar surface area (TPSA) is 75.0 Å². The Labute approximate surface area is 135 Å². The molecule has 0 aliphatic carbocycles. The van der Waals surface area contributed by atoms with Crippen molar-refractivity contribution in [3.63, 3.8) is 0 Å². The van der Waals surface area contributed by atoms with Gasteiger partial charge >= 0.3 is 0 Å². The quantitative estimate of drug-likeness (QED) is 0.890. The molecule has 5 heteroatoms. The predicted octanol–water partition coefficient (Wildman–Crippen LogP) is 2.86. The Morgan fingerprint density at radius 1 is 1.39 bits per heavy atom. The van der Waals surface area contributed by atoms with Crippen LogP contribution in [0.4, 0.5) is 0 Å². The molecule has 1 N–H and O–H groups in total. The number of pyridine rings is 1. The molecule has 0 unspecified atom stereocenters. The SMILES string of the molecule is Cc1ccc(OCc2cccc(C(=O)NC[C@@H](C)C#N)c2)cn1. The number of carbonyl (C=O) groups excluding carboxylic acids is 1. The molecule has 0 fully saturated rings. The number of aryl methyl sites for hydroxylation is 1. The number of amides is 1. The van der Waals surface area contributed by atoms with Gasteiger partial charge in [0.1, 0.15) is 12.4 Å². The van der Waals surface area contributed by atoms with Crippen molar-refractivity contribution in [2.24, 2.45) is 5.92 Å². The number of rotatable bonds is 6. The van der Waals surface area contributed by atoms with Crippen molar-refractivity contribution in [2.45, 2.75) is 20.5 Å². The zero-order valence-corrected chi connectivity index (χ0v) is 13.2. The Morgan fingerprint density at radius 3 is 2.91 bits per heavy atom. The molecular formula is C18H19N3O2. The number of nitrogens with zero attached hydrogens (tertiary/aromatic N) is 2. The highest BCUT2D eigenvalue weighted by molar-refractivity contribution is 5.94. The Morgan fingerprint density at radius 2 is 2.22 bits per heavy atom. The smallest absolute Gasteiger partial charge is 0.251 e. The highest BCUT2D eigenvalue weighted by atomic mass is 16.5. The highest BCUT2D eigenvalue weighted by Gasteiger charge is 2.08. The van der Waals surface area contributed by atoms with E-state index in [1.165, 1.54) is 0 Å². The monoisotopic (exact) mass is 309 g/mol. The summed E-state index contributed by atoms with van der Waals surface area (Å²) in [5.74, 6) is 0.291. The van der Waals surface area contributed by atoms with Gasteiger partial charge in [-0.2, -0.15) is 5.26 Å². The molecule has 0 aliphatic rings. The van der Waals surface area contributed by atoms with E-state index in [2.05, 4.69) is 16.4 Å². The molecule has 5 nitrogen and oxygen atoms in total. The summed E-state index contributed by atoms with van der Waals surface area (Å²) >= 11 is 0. The van der Waals surface area contributed by atoms with Gasteiger partial charge in [-0.05, 0) is 43.7 Å². The zero-order valence-electron chi connectivity index (χ0n) is 13.2. The van der Waals surface area contributed by atoms with E-state index in [1.54, 1.807) is 25.3 Å². The molecule has 0 radical (unpaired) electrons. The van der Waals surface area contributed by atoms with E-state index < -0.39 is 0 Å². The van der Waals surface area contributed by atoms with Gasteiger partial charge in [0.25, 0.3) is 5.91 Å². The van der Waals surface area contributed by atoms with Gasteiger partial charge in [-0.15, -0.1) is 0 Å². The third-order valence-corrected chi connectivity index (χ3v) is 3.27. The molecule has 118 valence electrons. The molecule has 1 aromatic carbocycles. The average molecular weight is 309 g/mol. The fraction of sp³-hybridized carbons (Fsp3) is 0.278. The number of ether oxygens (including phenoxy) is 1. The first kappa shape index (κ1) is 16.5. The minimum atomic E-state index is -0.209. The fourth-order valence-electron chi connectivity index (χ4n) is 1.90. The van der Waals surface area contributed by atoms with Crippen LogP contribution in [0.3, 0.4) is 0 Å². The Kier molecular flexibility index (Phi) is 5.70. The molecule has 0 spiro atoms. The molecule has 0 bridgehead atoms. The number of benzene rings is 1. The van der Waals surface area contributed by atoms with Gasteiger partial charge in [0.15, 0.2) is 0 Å². The summed E-state index contributed by atoms with van der Waals surface area (Å²) in [7, 11) is 0. The van der Waals surface area contributed by atoms with E-state index in [0.29, 0.717) is 24.5 Å². The van der Waals surface area contributed by atoms with Crippen molar-refractivity contribution in [1.29, 1.82) is 5.26 Å². The maximum absolute atomic E-state index is 12.1. The van der Waals surface area contributed by atoms with Crippen molar-refractivity contribution < 1.29 is 9.53 Å². The van der Waals surface area contributed by atoms with Gasteiger partial charge < -0.3 is 10.1 Å². The average Bonchev–Trinajstić information content (AvgIpc) is 2.59. The molecule has 1 heterocycles. The minimum Gasteiger partial charge on any atom is -0.487 e. The van der Waals surface area contributed by atoms with Crippen molar-refractivity contribution in [2.75, 3.05) is 6.54 Å². The summed E-state index contributed by atoms with van der Waals surface area (Å²) in [5, 5.41) is 11.5. The Hall–Kier alpha value is -2.87. The van der Waals surface area contributed by atoms with E-state index in [1.807, 2.05) is 31.2 Å². The van der Waals surface area contributed by atoms with Crippen LogP contribution < -0.4 is 10.1 Å². The molecule has 1 aromatic heterocycles. The number of nitrogens with one attached hydrogen (secondary N) is 1. The minimum absolute atomic E-state index is 0.189. The van der Waals surface area contributed by atoms with Crippen molar-refractivity contribution >= 4 is 5.91 Å². The van der Waals surface area contributed by atoms with Crippen molar-refractivity contribution in [1.82, 2.24) is 10.3 Å². The summed E-state index contributed by atoms with van der Waals surface area (Å²) < 4.78 is 5.66. The zero-order chi connectivity index (χ0) is 16.7. The van der Waals surface area contributed by atoms with E-state index >= 15 is 0 Å². The first-order chi connectivity index (χ1) is 11.1. The lowest BCUT2D eigenvalue weighted by molar-refractivity contribution is 0.0950. The molecule has 0 saturated heterocycles. The Bertz CT molecular complexity index is 705. The molecule has 0 aliphatic heterocycles. The van der Waals surface area contributed by atoms with Gasteiger partial charge in [0.2, 0.25) is 0 Å². The first-order valence-corrected chi connectivity index (χ1v) is 7.40. The second-order valence-electron chi connectivity index (χ2n) is 5.36. The fourth-order valence-corrected chi connectivity index (χ4v) is 1.90. The van der Waals surface area contributed by atoms with Crippen LogP contribution in [0.1, 0.15) is 28.5 Å². The van der Waals surface area contributed by atoms with Crippen molar-refractivity contribution in [3.8, 4) is 11.8 Å². The molecule has 1 atom stereocenters. The third kappa shape index (κ3) is 5.11. The van der Waals surface area contributed by atoms with E-state index in [-0.39, 0.29) is 11.8 Å². The Balaban J connectivity index is 1.95. The van der Waals surface area contributed by atoms with Crippen LogP contribution >= 0.6 is 0 Å². The van der Waals surface area contributed by atoms with Gasteiger partial charge in [0.05, 0.1) is 18.2 Å². The standard InChI is InChI=1S/C18H19N3O2/c1-13(9-19)10-21-18(22)16-5-3-4-15(8-16)12-23-17-7-6-14(2)20-11-17/h3-8,11,13H,10,12H2,1-2H3,(H,21,22)/t13-/m0/s1. The van der Waals surface area contributed by atoms with Crippen molar-refractivity contribution in [3.05, 3.63) is 59.4 Å². The van der Waals surface area contributed by atoms with E-state index in [9.17, 15) is 4.79 Å². The van der Waals surface area contributed by atoms with Gasteiger partial charge in [0, 0.05) is 17.8 Å². The van der Waals surface area contributed by atoms with Crippen LogP contribution in [0, 0.1) is 24.2 Å². The third-order valence-electron chi connectivity index (χ3n) is 3.27. The van der Waals surface area contributed by atoms with Crippen LogP contribution in [0.15, 0.2) is 42.6 Å². The van der Waals surface area contributed by atoms with Gasteiger partial charge in [-0.25, -0.2) is 0 Å². The maximum Gasteiger partial charge on any atom is 0.251 e. The summed E-state index contributed by atoms with van der Waals surface area (Å²) in [6.45, 7) is 4.38. The highest BCUT2D eigenvalue weighted by Crippen LogP contribution is 2.13. The van der Waals surface area contributed by atoms with Crippen LogP contribution in [-0.2, 0) is 6.61 Å². The lowest BCUT2D eigenvalue weighted by Crippen LogP contribution is -2.27. The number of carbonyl (C=O) groups is 1. The summed E-state index contributed by atoms with van der Waals surface area (Å²) in [6, 6.07) is 13.1. The van der Waals surface area contributed by atoms with E-state index in [0.717, 1.165) is 11.3 Å². The maximum atomic E-state index is 12.1. The molecule has 1 amide bonds. The normalized spacial score (nSPS) is 11.3. The lowest BCUT2D eigenvalue weighted by atomic mass is 10.1. The molecule has 2 aromatic rings. The van der Waals surface area contributed by atoms with Crippen LogP contribution in [0.2, 0.25) is 0 Å². The van der Waals surface area contributed by atoms with Gasteiger partial charge in [-0.3, -0.25) is 9.78 Å². The number of hydrogen-bond donors (Lipinski definition) is 1. The number of nitriles is 1. The number of aromatic nitrogens is 1. The lowest BCUT2D eigenvalue weighted by Gasteiger charge is -2.09. The largest absolute Gasteiger partial charge is 0.487 e. The first-order valence-electron chi connectivity index (χ1n) is 7.40. The summed E-state index contributed by atoms with van der Waals surface area (Å²) in [6.07, 6.45) is 1.68. The molecule has 23 heavy (non-hydrogen) atoms. The van der Waals surface area contributed by atoms with Crippen LogP contribution in [-0.4, -0.2) is 17.4 Å². The van der Waals surface area contributed by atoms with Crippen LogP contribution in [0.5, 0.6) is 5.75 Å². The number of hydrogen-bond acceptors (Lipinski definition) is 4. The predicted molar refractivity (Wildman–Crippen MR) is 86.9 cm³/mol. The molecule has 0 saturated carbocycles. The summed E-state index contributed by atoms with van der Waals surface area (Å²) in [5.41, 5.74) is 2.38. The summed E-state index contributed by atoms with van der Waals surface area (Å²) in [4.78, 5) is 16.2.